The summed E-state index contributed by atoms with van der Waals surface area (Å²) in [7, 11) is -3.87. The Kier molecular flexibility index (Phi) is 3.42. The zero-order valence-electron chi connectivity index (χ0n) is 11.2. The van der Waals surface area contributed by atoms with Crippen molar-refractivity contribution in [3.63, 3.8) is 0 Å². The zero-order chi connectivity index (χ0) is 14.9. The number of furan rings is 1. The molecule has 110 valence electrons. The molecule has 0 atom stereocenters. The van der Waals surface area contributed by atoms with Gasteiger partial charge in [-0.3, -0.25) is 9.10 Å². The summed E-state index contributed by atoms with van der Waals surface area (Å²) in [6.45, 7) is 0.341. The highest BCUT2D eigenvalue weighted by Gasteiger charge is 2.30. The fraction of sp³-hybridized carbons (Fsp3) is 0.214. The Morgan fingerprint density at radius 1 is 1.29 bits per heavy atom. The van der Waals surface area contributed by atoms with E-state index < -0.39 is 16.1 Å². The number of nitrogens with one attached hydrogen (secondary N) is 1. The molecule has 2 aromatic rings. The van der Waals surface area contributed by atoms with E-state index in [-0.39, 0.29) is 6.42 Å². The molecule has 1 N–H and O–H groups in total. The first-order valence-corrected chi connectivity index (χ1v) is 7.92. The third-order valence-electron chi connectivity index (χ3n) is 3.32. The fourth-order valence-corrected chi connectivity index (χ4v) is 3.61. The monoisotopic (exact) mass is 306 g/mol. The van der Waals surface area contributed by atoms with Crippen LogP contribution in [0.25, 0.3) is 0 Å². The molecule has 0 radical (unpaired) electrons. The number of para-hydroxylation sites is 1. The lowest BCUT2D eigenvalue weighted by atomic mass is 10.2. The van der Waals surface area contributed by atoms with Gasteiger partial charge in [0.25, 0.3) is 0 Å². The van der Waals surface area contributed by atoms with Gasteiger partial charge in [-0.05, 0) is 29.7 Å². The Morgan fingerprint density at radius 2 is 2.10 bits per heavy atom. The number of fused-ring (bicyclic) bond motifs is 1. The highest BCUT2D eigenvalue weighted by molar-refractivity contribution is 7.91. The van der Waals surface area contributed by atoms with Gasteiger partial charge >= 0.3 is 10.2 Å². The van der Waals surface area contributed by atoms with Gasteiger partial charge in [-0.2, -0.15) is 8.42 Å². The van der Waals surface area contributed by atoms with Crippen LogP contribution in [-0.2, 0) is 27.8 Å². The van der Waals surface area contributed by atoms with Gasteiger partial charge in [0.15, 0.2) is 0 Å². The van der Waals surface area contributed by atoms with Crippen molar-refractivity contribution in [3.05, 3.63) is 54.0 Å². The molecule has 0 aliphatic carbocycles. The quantitative estimate of drug-likeness (QED) is 0.922. The van der Waals surface area contributed by atoms with Gasteiger partial charge in [0.2, 0.25) is 5.91 Å². The van der Waals surface area contributed by atoms with E-state index in [0.717, 1.165) is 5.56 Å². The first-order chi connectivity index (χ1) is 10.1. The van der Waals surface area contributed by atoms with Crippen molar-refractivity contribution in [1.82, 2.24) is 4.72 Å². The molecule has 2 heterocycles. The SMILES string of the molecule is O=C(Cc1ccoc1)NS(=O)(=O)N1CCc2ccccc21. The van der Waals surface area contributed by atoms with Crippen molar-refractivity contribution in [2.24, 2.45) is 0 Å². The molecule has 0 unspecified atom stereocenters. The second-order valence-corrected chi connectivity index (χ2v) is 6.38. The summed E-state index contributed by atoms with van der Waals surface area (Å²) in [6, 6.07) is 8.89. The van der Waals surface area contributed by atoms with Gasteiger partial charge in [-0.1, -0.05) is 18.2 Å². The number of nitrogens with zero attached hydrogens (tertiary/aromatic N) is 1. The molecule has 1 aliphatic rings. The predicted molar refractivity (Wildman–Crippen MR) is 77.0 cm³/mol. The van der Waals surface area contributed by atoms with Crippen LogP contribution < -0.4 is 9.03 Å². The topological polar surface area (TPSA) is 79.6 Å². The van der Waals surface area contributed by atoms with Crippen LogP contribution in [0.2, 0.25) is 0 Å². The number of carbonyl (C=O) groups is 1. The minimum atomic E-state index is -3.87. The van der Waals surface area contributed by atoms with Gasteiger partial charge in [-0.15, -0.1) is 0 Å². The Bertz CT molecular complexity index is 753. The second kappa shape index (κ2) is 5.25. The number of hydrogen-bond donors (Lipinski definition) is 1. The van der Waals surface area contributed by atoms with Crippen molar-refractivity contribution in [3.8, 4) is 0 Å². The molecular formula is C14H14N2O4S. The lowest BCUT2D eigenvalue weighted by Crippen LogP contribution is -2.43. The molecule has 0 bridgehead atoms. The molecule has 0 fully saturated rings. The predicted octanol–water partition coefficient (Wildman–Crippen LogP) is 1.25. The summed E-state index contributed by atoms with van der Waals surface area (Å²) in [6.07, 6.45) is 3.46. The van der Waals surface area contributed by atoms with E-state index in [1.165, 1.54) is 16.8 Å². The molecule has 1 aromatic heterocycles. The summed E-state index contributed by atoms with van der Waals surface area (Å²) in [5.74, 6) is -0.583. The normalized spacial score (nSPS) is 14.0. The second-order valence-electron chi connectivity index (χ2n) is 4.79. The lowest BCUT2D eigenvalue weighted by Gasteiger charge is -2.19. The summed E-state index contributed by atoms with van der Waals surface area (Å²) in [5.41, 5.74) is 2.22. The first-order valence-electron chi connectivity index (χ1n) is 6.48. The van der Waals surface area contributed by atoms with E-state index in [1.807, 2.05) is 12.1 Å². The average Bonchev–Trinajstić information content (AvgIpc) is 3.06. The van der Waals surface area contributed by atoms with E-state index in [9.17, 15) is 13.2 Å². The van der Waals surface area contributed by atoms with Crippen LogP contribution in [0.5, 0.6) is 0 Å². The number of benzene rings is 1. The molecule has 1 aromatic carbocycles. The van der Waals surface area contributed by atoms with Crippen molar-refractivity contribution in [1.29, 1.82) is 0 Å². The summed E-state index contributed by atoms with van der Waals surface area (Å²) in [4.78, 5) is 11.8. The first kappa shape index (κ1) is 13.7. The van der Waals surface area contributed by atoms with E-state index in [0.29, 0.717) is 24.2 Å². The summed E-state index contributed by atoms with van der Waals surface area (Å²) in [5, 5.41) is 0. The van der Waals surface area contributed by atoms with Crippen molar-refractivity contribution < 1.29 is 17.6 Å². The van der Waals surface area contributed by atoms with E-state index in [4.69, 9.17) is 4.42 Å². The molecule has 21 heavy (non-hydrogen) atoms. The van der Waals surface area contributed by atoms with E-state index in [2.05, 4.69) is 4.72 Å². The molecule has 3 rings (SSSR count). The van der Waals surface area contributed by atoms with Crippen LogP contribution in [0, 0.1) is 0 Å². The van der Waals surface area contributed by atoms with Crippen LogP contribution in [0.3, 0.4) is 0 Å². The highest BCUT2D eigenvalue weighted by atomic mass is 32.2. The fourth-order valence-electron chi connectivity index (χ4n) is 2.37. The van der Waals surface area contributed by atoms with E-state index >= 15 is 0 Å². The van der Waals surface area contributed by atoms with E-state index in [1.54, 1.807) is 18.2 Å². The maximum absolute atomic E-state index is 12.3. The van der Waals surface area contributed by atoms with Gasteiger partial charge in [0.05, 0.1) is 24.6 Å². The minimum absolute atomic E-state index is 0.0365. The zero-order valence-corrected chi connectivity index (χ0v) is 12.0. The molecule has 0 saturated carbocycles. The Balaban J connectivity index is 1.74. The Hall–Kier alpha value is -2.28. The molecule has 0 saturated heterocycles. The molecular weight excluding hydrogens is 292 g/mol. The average molecular weight is 306 g/mol. The van der Waals surface area contributed by atoms with Crippen LogP contribution in [-0.4, -0.2) is 20.9 Å². The number of anilines is 1. The number of amides is 1. The maximum Gasteiger partial charge on any atom is 0.326 e. The molecule has 6 nitrogen and oxygen atoms in total. The molecule has 1 amide bonds. The highest BCUT2D eigenvalue weighted by Crippen LogP contribution is 2.29. The summed E-state index contributed by atoms with van der Waals surface area (Å²) < 4.78 is 32.8. The lowest BCUT2D eigenvalue weighted by molar-refractivity contribution is -0.118. The van der Waals surface area contributed by atoms with Crippen molar-refractivity contribution in [2.75, 3.05) is 10.8 Å². The number of hydrogen-bond acceptors (Lipinski definition) is 4. The third kappa shape index (κ3) is 2.78. The standard InChI is InChI=1S/C14H14N2O4S/c17-14(9-11-6-8-20-10-11)15-21(18,19)16-7-5-12-3-1-2-4-13(12)16/h1-4,6,8,10H,5,7,9H2,(H,15,17). The van der Waals surface area contributed by atoms with Gasteiger partial charge < -0.3 is 4.42 Å². The molecule has 1 aliphatic heterocycles. The van der Waals surface area contributed by atoms with Crippen LogP contribution in [0.1, 0.15) is 11.1 Å². The van der Waals surface area contributed by atoms with Gasteiger partial charge in [0.1, 0.15) is 0 Å². The summed E-state index contributed by atoms with van der Waals surface area (Å²) >= 11 is 0. The van der Waals surface area contributed by atoms with Crippen molar-refractivity contribution >= 4 is 21.8 Å². The Labute approximate surface area is 122 Å². The van der Waals surface area contributed by atoms with Crippen LogP contribution in [0.15, 0.2) is 47.3 Å². The molecule has 7 heteroatoms. The van der Waals surface area contributed by atoms with Gasteiger partial charge in [-0.25, -0.2) is 4.72 Å². The minimum Gasteiger partial charge on any atom is -0.472 e. The number of rotatable bonds is 4. The van der Waals surface area contributed by atoms with Gasteiger partial charge in [0, 0.05) is 6.54 Å². The van der Waals surface area contributed by atoms with Crippen LogP contribution >= 0.6 is 0 Å². The molecule has 0 spiro atoms. The maximum atomic E-state index is 12.3. The third-order valence-corrected chi connectivity index (χ3v) is 4.77. The van der Waals surface area contributed by atoms with Crippen LogP contribution in [0.4, 0.5) is 5.69 Å². The number of carbonyl (C=O) groups excluding carboxylic acids is 1. The largest absolute Gasteiger partial charge is 0.472 e. The van der Waals surface area contributed by atoms with Crippen molar-refractivity contribution in [2.45, 2.75) is 12.8 Å². The Morgan fingerprint density at radius 3 is 2.86 bits per heavy atom. The smallest absolute Gasteiger partial charge is 0.326 e.